The third-order valence-corrected chi connectivity index (χ3v) is 3.07. The van der Waals surface area contributed by atoms with E-state index < -0.39 is 23.5 Å². The zero-order chi connectivity index (χ0) is 13.5. The van der Waals surface area contributed by atoms with Crippen LogP contribution in [0.2, 0.25) is 0 Å². The first-order valence-corrected chi connectivity index (χ1v) is 5.94. The van der Waals surface area contributed by atoms with E-state index in [1.165, 1.54) is 7.11 Å². The quantitative estimate of drug-likeness (QED) is 0.651. The summed E-state index contributed by atoms with van der Waals surface area (Å²) in [5.74, 6) is -2.55. The number of carboxylic acids is 2. The van der Waals surface area contributed by atoms with Gasteiger partial charge in [-0.25, -0.2) is 4.79 Å². The number of hydrogen-bond donors (Lipinski definition) is 2. The van der Waals surface area contributed by atoms with Crippen molar-refractivity contribution in [2.45, 2.75) is 51.6 Å². The van der Waals surface area contributed by atoms with Gasteiger partial charge in [-0.2, -0.15) is 0 Å². The largest absolute Gasteiger partial charge is 0.481 e. The molecule has 0 fully saturated rings. The molecule has 0 heterocycles. The highest BCUT2D eigenvalue weighted by Gasteiger charge is 2.45. The highest BCUT2D eigenvalue weighted by atomic mass is 16.5. The predicted octanol–water partition coefficient (Wildman–Crippen LogP) is 2.15. The lowest BCUT2D eigenvalue weighted by Crippen LogP contribution is -2.48. The van der Waals surface area contributed by atoms with Crippen LogP contribution in [-0.2, 0) is 14.3 Å². The first kappa shape index (κ1) is 15.9. The molecule has 0 aromatic heterocycles. The molecule has 2 unspecified atom stereocenters. The fourth-order valence-electron chi connectivity index (χ4n) is 2.27. The van der Waals surface area contributed by atoms with Crippen LogP contribution in [0.15, 0.2) is 0 Å². The molecular formula is C12H22O5. The summed E-state index contributed by atoms with van der Waals surface area (Å²) in [6.07, 6.45) is 2.07. The molecule has 0 bridgehead atoms. The van der Waals surface area contributed by atoms with E-state index in [1.807, 2.05) is 13.8 Å². The van der Waals surface area contributed by atoms with E-state index in [0.717, 1.165) is 6.42 Å². The molecular weight excluding hydrogens is 224 g/mol. The van der Waals surface area contributed by atoms with Crippen molar-refractivity contribution in [3.8, 4) is 0 Å². The Morgan fingerprint density at radius 2 is 1.82 bits per heavy atom. The Kier molecular flexibility index (Phi) is 6.80. The lowest BCUT2D eigenvalue weighted by molar-refractivity contribution is -0.174. The van der Waals surface area contributed by atoms with Crippen LogP contribution in [0.4, 0.5) is 0 Å². The number of aliphatic carboxylic acids is 2. The van der Waals surface area contributed by atoms with Gasteiger partial charge in [-0.1, -0.05) is 26.7 Å². The molecule has 5 nitrogen and oxygen atoms in total. The molecule has 2 N–H and O–H groups in total. The molecule has 5 heteroatoms. The minimum atomic E-state index is -1.37. The Morgan fingerprint density at radius 3 is 2.12 bits per heavy atom. The summed E-state index contributed by atoms with van der Waals surface area (Å²) in [4.78, 5) is 22.2. The summed E-state index contributed by atoms with van der Waals surface area (Å²) < 4.78 is 5.19. The van der Waals surface area contributed by atoms with E-state index in [9.17, 15) is 14.7 Å². The molecule has 0 rings (SSSR count). The Hall–Kier alpha value is -1.10. The van der Waals surface area contributed by atoms with Crippen LogP contribution < -0.4 is 0 Å². The fourth-order valence-corrected chi connectivity index (χ4v) is 2.27. The van der Waals surface area contributed by atoms with Gasteiger partial charge in [0, 0.05) is 13.0 Å². The second kappa shape index (κ2) is 7.27. The van der Waals surface area contributed by atoms with Gasteiger partial charge in [-0.05, 0) is 12.8 Å². The maximum atomic E-state index is 11.4. The fraction of sp³-hybridized carbons (Fsp3) is 0.833. The standard InChI is InChI=1S/C12H22O5/c1-4-6-9(8-10(13)14)12(17-3,7-5-2)11(15)16/h9H,4-8H2,1-3H3,(H,13,14)(H,15,16). The van der Waals surface area contributed by atoms with Gasteiger partial charge in [0.25, 0.3) is 0 Å². The van der Waals surface area contributed by atoms with Crippen LogP contribution in [0.1, 0.15) is 46.0 Å². The normalized spacial score (nSPS) is 16.2. The summed E-state index contributed by atoms with van der Waals surface area (Å²) in [5, 5.41) is 18.2. The number of methoxy groups -OCH3 is 1. The molecule has 2 atom stereocenters. The van der Waals surface area contributed by atoms with Crippen molar-refractivity contribution < 1.29 is 24.5 Å². The second-order valence-corrected chi connectivity index (χ2v) is 4.23. The van der Waals surface area contributed by atoms with E-state index in [-0.39, 0.29) is 6.42 Å². The van der Waals surface area contributed by atoms with Crippen LogP contribution in [-0.4, -0.2) is 34.9 Å². The van der Waals surface area contributed by atoms with Gasteiger partial charge in [0.2, 0.25) is 0 Å². The first-order valence-electron chi connectivity index (χ1n) is 5.94. The number of carboxylic acid groups (broad SMARTS) is 2. The molecule has 17 heavy (non-hydrogen) atoms. The summed E-state index contributed by atoms with van der Waals surface area (Å²) in [5.41, 5.74) is -1.37. The third kappa shape index (κ3) is 4.00. The molecule has 0 aliphatic carbocycles. The van der Waals surface area contributed by atoms with E-state index in [4.69, 9.17) is 9.84 Å². The van der Waals surface area contributed by atoms with Crippen molar-refractivity contribution in [1.29, 1.82) is 0 Å². The molecule has 0 aromatic rings. The number of carbonyl (C=O) groups is 2. The molecule has 0 spiro atoms. The summed E-state index contributed by atoms with van der Waals surface area (Å²) in [6, 6.07) is 0. The average molecular weight is 246 g/mol. The monoisotopic (exact) mass is 246 g/mol. The number of hydrogen-bond acceptors (Lipinski definition) is 3. The minimum Gasteiger partial charge on any atom is -0.481 e. The first-order chi connectivity index (χ1) is 7.94. The van der Waals surface area contributed by atoms with Crippen molar-refractivity contribution in [3.05, 3.63) is 0 Å². The molecule has 0 saturated heterocycles. The lowest BCUT2D eigenvalue weighted by Gasteiger charge is -2.35. The van der Waals surface area contributed by atoms with Crippen LogP contribution >= 0.6 is 0 Å². The average Bonchev–Trinajstić information content (AvgIpc) is 2.24. The van der Waals surface area contributed by atoms with Gasteiger partial charge in [-0.15, -0.1) is 0 Å². The van der Waals surface area contributed by atoms with Gasteiger partial charge < -0.3 is 14.9 Å². The molecule has 0 radical (unpaired) electrons. The van der Waals surface area contributed by atoms with E-state index in [0.29, 0.717) is 19.3 Å². The third-order valence-electron chi connectivity index (χ3n) is 3.07. The number of ether oxygens (including phenoxy) is 1. The zero-order valence-electron chi connectivity index (χ0n) is 10.7. The second-order valence-electron chi connectivity index (χ2n) is 4.23. The zero-order valence-corrected chi connectivity index (χ0v) is 10.7. The molecule has 0 saturated carbocycles. The summed E-state index contributed by atoms with van der Waals surface area (Å²) >= 11 is 0. The maximum Gasteiger partial charge on any atom is 0.336 e. The Morgan fingerprint density at radius 1 is 1.24 bits per heavy atom. The van der Waals surface area contributed by atoms with Crippen LogP contribution in [0.25, 0.3) is 0 Å². The van der Waals surface area contributed by atoms with Crippen LogP contribution in [0.3, 0.4) is 0 Å². The maximum absolute atomic E-state index is 11.4. The molecule has 0 aliphatic heterocycles. The van der Waals surface area contributed by atoms with Crippen molar-refractivity contribution in [2.75, 3.05) is 7.11 Å². The van der Waals surface area contributed by atoms with Crippen molar-refractivity contribution in [3.63, 3.8) is 0 Å². The minimum absolute atomic E-state index is 0.173. The van der Waals surface area contributed by atoms with Gasteiger partial charge in [0.15, 0.2) is 5.60 Å². The van der Waals surface area contributed by atoms with Crippen LogP contribution in [0, 0.1) is 5.92 Å². The predicted molar refractivity (Wildman–Crippen MR) is 62.9 cm³/mol. The van der Waals surface area contributed by atoms with Crippen molar-refractivity contribution in [1.82, 2.24) is 0 Å². The molecule has 0 aliphatic rings. The van der Waals surface area contributed by atoms with Gasteiger partial charge in [-0.3, -0.25) is 4.79 Å². The summed E-state index contributed by atoms with van der Waals surface area (Å²) in [7, 11) is 1.34. The van der Waals surface area contributed by atoms with Gasteiger partial charge in [0.05, 0.1) is 6.42 Å². The van der Waals surface area contributed by atoms with Crippen molar-refractivity contribution >= 4 is 11.9 Å². The Balaban J connectivity index is 5.16. The van der Waals surface area contributed by atoms with Crippen LogP contribution in [0.5, 0.6) is 0 Å². The van der Waals surface area contributed by atoms with Gasteiger partial charge >= 0.3 is 11.9 Å². The highest BCUT2D eigenvalue weighted by molar-refractivity contribution is 5.79. The SMILES string of the molecule is CCCC(CC(=O)O)C(CCC)(OC)C(=O)O. The summed E-state index contributed by atoms with van der Waals surface area (Å²) in [6.45, 7) is 3.77. The number of rotatable bonds is 9. The van der Waals surface area contributed by atoms with Gasteiger partial charge in [0.1, 0.15) is 0 Å². The van der Waals surface area contributed by atoms with E-state index in [2.05, 4.69) is 0 Å². The Labute approximate surface area is 102 Å². The van der Waals surface area contributed by atoms with E-state index >= 15 is 0 Å². The highest BCUT2D eigenvalue weighted by Crippen LogP contribution is 2.33. The lowest BCUT2D eigenvalue weighted by atomic mass is 9.78. The molecule has 0 aromatic carbocycles. The topological polar surface area (TPSA) is 83.8 Å². The molecule has 100 valence electrons. The molecule has 0 amide bonds. The van der Waals surface area contributed by atoms with E-state index in [1.54, 1.807) is 0 Å². The Bertz CT molecular complexity index is 264. The van der Waals surface area contributed by atoms with Crippen molar-refractivity contribution in [2.24, 2.45) is 5.92 Å². The smallest absolute Gasteiger partial charge is 0.336 e.